The minimum absolute atomic E-state index is 0. The van der Waals surface area contributed by atoms with Crippen LogP contribution in [0.25, 0.3) is 0 Å². The topological polar surface area (TPSA) is 124 Å². The summed E-state index contributed by atoms with van der Waals surface area (Å²) in [5, 5.41) is 0. The van der Waals surface area contributed by atoms with Gasteiger partial charge in [-0.1, -0.05) is 12.4 Å². The Morgan fingerprint density at radius 3 is 1.10 bits per heavy atom. The molecule has 0 aromatic heterocycles. The third-order valence-electron chi connectivity index (χ3n) is 0.167. The van der Waals surface area contributed by atoms with Gasteiger partial charge in [0.2, 0.25) is 0 Å². The van der Waals surface area contributed by atoms with Crippen LogP contribution < -0.4 is 8.32 Å². The van der Waals surface area contributed by atoms with Crippen molar-refractivity contribution in [2.75, 3.05) is 0 Å². The van der Waals surface area contributed by atoms with Crippen molar-refractivity contribution in [1.82, 2.24) is 0 Å². The Kier molecular flexibility index (Phi) is 4.86. The standard InChI is InChI=1S/ClH3.2Cr.7O/h1H3;;;;;;;;;/q+2;;;;;;;;2*-1. The second-order valence-corrected chi connectivity index (χ2v) is 4.52. The van der Waals surface area contributed by atoms with Crippen LogP contribution in [0.5, 0.6) is 0 Å². The fourth-order valence-electron chi connectivity index (χ4n) is 0.102. The molecule has 0 spiro atoms. The first kappa shape index (κ1) is 13.1. The molecule has 0 aromatic rings. The van der Waals surface area contributed by atoms with Crippen molar-refractivity contribution in [2.24, 2.45) is 0 Å². The summed E-state index contributed by atoms with van der Waals surface area (Å²) >= 11 is -12.1. The predicted molar refractivity (Wildman–Crippen MR) is 8.02 cm³/mol. The van der Waals surface area contributed by atoms with Crippen LogP contribution in [-0.4, -0.2) is 0 Å². The second kappa shape index (κ2) is 3.72. The van der Waals surface area contributed by atoms with E-state index in [1.54, 1.807) is 0 Å². The maximum atomic E-state index is 9.38. The molecular formula is H3ClCr2O7. The van der Waals surface area contributed by atoms with Gasteiger partial charge >= 0.3 is 53.6 Å². The average Bonchev–Trinajstić information content (AvgIpc) is 1.14. The van der Waals surface area contributed by atoms with E-state index in [0.717, 1.165) is 0 Å². The fraction of sp³-hybridized carbons (Fsp3) is 0. The van der Waals surface area contributed by atoms with Crippen LogP contribution >= 0.6 is 0 Å². The summed E-state index contributed by atoms with van der Waals surface area (Å²) in [6, 6.07) is 0. The maximum absolute atomic E-state index is 9.38. The van der Waals surface area contributed by atoms with E-state index >= 15 is 0 Å². The molecule has 0 bridgehead atoms. The molecule has 0 radical (unpaired) electrons. The summed E-state index contributed by atoms with van der Waals surface area (Å²) in [5.74, 6) is 0. The Bertz CT molecular complexity index is 237. The molecule has 0 heterocycles. The van der Waals surface area contributed by atoms with Gasteiger partial charge in [-0.25, -0.2) is 0 Å². The number of hydrogen-bond donors (Lipinski definition) is 0. The van der Waals surface area contributed by atoms with Crippen molar-refractivity contribution in [3.63, 3.8) is 0 Å². The third-order valence-corrected chi connectivity index (χ3v) is 2.83. The fourth-order valence-corrected chi connectivity index (χ4v) is 1.74. The SMILES string of the molecule is [ClH3+2].[O]=[Cr](=[O])([O-])[O][Cr](=[O])(=[O])[O-]. The summed E-state index contributed by atoms with van der Waals surface area (Å²) in [6.45, 7) is 0. The average molecular weight is 254 g/mol. The first-order valence-electron chi connectivity index (χ1n) is 1.33. The van der Waals surface area contributed by atoms with Crippen LogP contribution in [0.1, 0.15) is 0 Å². The van der Waals surface area contributed by atoms with Gasteiger partial charge in [0.05, 0.1) is 0 Å². The van der Waals surface area contributed by atoms with Crippen molar-refractivity contribution in [3.05, 3.63) is 0 Å². The van der Waals surface area contributed by atoms with E-state index in [-0.39, 0.29) is 12.4 Å². The molecule has 0 unspecified atom stereocenters. The molecule has 0 saturated carbocycles. The zero-order valence-corrected chi connectivity index (χ0v) is 7.72. The van der Waals surface area contributed by atoms with Crippen molar-refractivity contribution in [1.29, 1.82) is 0 Å². The summed E-state index contributed by atoms with van der Waals surface area (Å²) in [4.78, 5) is 0. The molecule has 0 fully saturated rings. The van der Waals surface area contributed by atoms with Crippen LogP contribution in [0.2, 0.25) is 0 Å². The van der Waals surface area contributed by atoms with Gasteiger partial charge in [-0.2, -0.15) is 0 Å². The summed E-state index contributed by atoms with van der Waals surface area (Å²) in [5.41, 5.74) is 0. The molecule has 0 rings (SSSR count). The van der Waals surface area contributed by atoms with E-state index in [2.05, 4.69) is 2.84 Å². The molecule has 10 heavy (non-hydrogen) atoms. The van der Waals surface area contributed by atoms with Crippen molar-refractivity contribution in [2.45, 2.75) is 0 Å². The first-order chi connectivity index (χ1) is 3.71. The molecule has 0 saturated heterocycles. The zero-order valence-electron chi connectivity index (χ0n) is 4.17. The van der Waals surface area contributed by atoms with E-state index in [0.29, 0.717) is 0 Å². The van der Waals surface area contributed by atoms with Crippen molar-refractivity contribution in [3.8, 4) is 0 Å². The Balaban J connectivity index is 0. The molecule has 0 aromatic carbocycles. The van der Waals surface area contributed by atoms with Gasteiger partial charge in [0.25, 0.3) is 0 Å². The van der Waals surface area contributed by atoms with Gasteiger partial charge in [0.15, 0.2) is 0 Å². The van der Waals surface area contributed by atoms with Crippen LogP contribution in [-0.2, 0) is 45.3 Å². The quantitative estimate of drug-likeness (QED) is 0.496. The van der Waals surface area contributed by atoms with Gasteiger partial charge in [-0.15, -0.1) is 0 Å². The van der Waals surface area contributed by atoms with E-state index in [1.165, 1.54) is 0 Å². The van der Waals surface area contributed by atoms with Gasteiger partial charge in [-0.05, 0) is 0 Å². The normalized spacial score (nSPS) is 12.2. The van der Waals surface area contributed by atoms with Crippen LogP contribution in [0.3, 0.4) is 0 Å². The van der Waals surface area contributed by atoms with Crippen molar-refractivity contribution >= 4 is 0 Å². The number of halogens is 1. The Hall–Kier alpha value is 0.435. The Morgan fingerprint density at radius 2 is 1.10 bits per heavy atom. The summed E-state index contributed by atoms with van der Waals surface area (Å²) in [7, 11) is 0. The first-order valence-corrected chi connectivity index (χ1v) is 5.50. The van der Waals surface area contributed by atoms with E-state index in [4.69, 9.17) is 0 Å². The third kappa shape index (κ3) is 11.3. The molecule has 10 heteroatoms. The minimum atomic E-state index is -6.07. The van der Waals surface area contributed by atoms with Crippen molar-refractivity contribution < 1.29 is 66.0 Å². The van der Waals surface area contributed by atoms with E-state index in [9.17, 15) is 23.5 Å². The Morgan fingerprint density at radius 1 is 0.900 bits per heavy atom. The van der Waals surface area contributed by atoms with Crippen LogP contribution in [0.4, 0.5) is 0 Å². The van der Waals surface area contributed by atoms with Gasteiger partial charge in [0.1, 0.15) is 0 Å². The van der Waals surface area contributed by atoms with Gasteiger partial charge in [-0.3, -0.25) is 0 Å². The molecule has 64 valence electrons. The van der Waals surface area contributed by atoms with E-state index < -0.39 is 27.2 Å². The molecule has 0 amide bonds. The zero-order chi connectivity index (χ0) is 7.71. The van der Waals surface area contributed by atoms with Gasteiger partial charge in [0, 0.05) is 0 Å². The molecule has 0 aliphatic rings. The molecule has 7 nitrogen and oxygen atoms in total. The monoisotopic (exact) mass is 254 g/mol. The van der Waals surface area contributed by atoms with Crippen LogP contribution in [0, 0.1) is 12.4 Å². The summed E-state index contributed by atoms with van der Waals surface area (Å²) < 4.78 is 58.9. The molecule has 0 aliphatic heterocycles. The molecular weight excluding hydrogens is 251 g/mol. The number of rotatable bonds is 2. The van der Waals surface area contributed by atoms with Crippen LogP contribution in [0.15, 0.2) is 0 Å². The second-order valence-electron chi connectivity index (χ2n) is 0.885. The number of hydrogen-bond acceptors (Lipinski definition) is 7. The molecule has 0 aliphatic carbocycles. The molecule has 0 N–H and O–H groups in total. The summed E-state index contributed by atoms with van der Waals surface area (Å²) in [6.07, 6.45) is 0. The Labute approximate surface area is 66.2 Å². The molecule has 0 atom stereocenters. The van der Waals surface area contributed by atoms with Gasteiger partial charge < -0.3 is 0 Å². The van der Waals surface area contributed by atoms with E-state index in [1.807, 2.05) is 0 Å². The predicted octanol–water partition coefficient (Wildman–Crippen LogP) is -3.73.